The smallest absolute Gasteiger partial charge is 0.0546 e. The summed E-state index contributed by atoms with van der Waals surface area (Å²) in [5.74, 6) is 0. The molecule has 3 nitrogen and oxygen atoms in total. The van der Waals surface area contributed by atoms with Crippen molar-refractivity contribution in [2.45, 2.75) is 26.1 Å². The van der Waals surface area contributed by atoms with E-state index in [2.05, 4.69) is 17.1 Å². The van der Waals surface area contributed by atoms with Crippen molar-refractivity contribution in [1.82, 2.24) is 10.2 Å². The Morgan fingerprint density at radius 2 is 2.40 bits per heavy atom. The van der Waals surface area contributed by atoms with E-state index < -0.39 is 0 Å². The molecule has 0 saturated carbocycles. The normalized spacial score (nSPS) is 32.1. The van der Waals surface area contributed by atoms with Crippen LogP contribution < -0.4 is 11.1 Å². The number of nitrogens with two attached hydrogens (primary N) is 1. The van der Waals surface area contributed by atoms with Crippen molar-refractivity contribution in [3.63, 3.8) is 0 Å². The van der Waals surface area contributed by atoms with Crippen LogP contribution >= 0.6 is 0 Å². The highest BCUT2D eigenvalue weighted by atomic mass is 15.3. The van der Waals surface area contributed by atoms with Gasteiger partial charge < -0.3 is 11.1 Å². The summed E-state index contributed by atoms with van der Waals surface area (Å²) in [6.45, 7) is 7.48. The van der Waals surface area contributed by atoms with Crippen LogP contribution in [0.3, 0.4) is 0 Å². The maximum absolute atomic E-state index is 5.76. The molecule has 3 heteroatoms. The van der Waals surface area contributed by atoms with E-state index >= 15 is 0 Å². The van der Waals surface area contributed by atoms with Crippen LogP contribution in [0.1, 0.15) is 13.8 Å². The highest BCUT2D eigenvalue weighted by Crippen LogP contribution is 2.03. The van der Waals surface area contributed by atoms with Crippen LogP contribution in [-0.4, -0.2) is 36.7 Å². The fourth-order valence-electron chi connectivity index (χ4n) is 1.46. The molecule has 1 heterocycles. The van der Waals surface area contributed by atoms with Crippen LogP contribution in [0.2, 0.25) is 0 Å². The van der Waals surface area contributed by atoms with E-state index in [1.54, 1.807) is 0 Å². The number of piperazine rings is 1. The van der Waals surface area contributed by atoms with Crippen LogP contribution in [0.4, 0.5) is 0 Å². The van der Waals surface area contributed by atoms with Gasteiger partial charge in [-0.05, 0) is 13.8 Å². The van der Waals surface area contributed by atoms with Crippen LogP contribution in [0.25, 0.3) is 0 Å². The lowest BCUT2D eigenvalue weighted by atomic mass is 10.2. The molecule has 0 bridgehead atoms. The average Bonchev–Trinajstić information content (AvgIpc) is 1.88. The minimum absolute atomic E-state index is 0.206. The van der Waals surface area contributed by atoms with Gasteiger partial charge in [0.1, 0.15) is 0 Å². The molecule has 0 spiro atoms. The van der Waals surface area contributed by atoms with Gasteiger partial charge in [-0.15, -0.1) is 0 Å². The van der Waals surface area contributed by atoms with Crippen molar-refractivity contribution < 1.29 is 0 Å². The molecule has 1 saturated heterocycles. The fourth-order valence-corrected chi connectivity index (χ4v) is 1.46. The summed E-state index contributed by atoms with van der Waals surface area (Å²) >= 11 is 0. The first-order valence-electron chi connectivity index (χ1n) is 3.94. The highest BCUT2D eigenvalue weighted by Gasteiger charge is 2.19. The topological polar surface area (TPSA) is 41.3 Å². The lowest BCUT2D eigenvalue weighted by Crippen LogP contribution is -2.55. The summed E-state index contributed by atoms with van der Waals surface area (Å²) in [4.78, 5) is 2.32. The van der Waals surface area contributed by atoms with Crippen LogP contribution in [-0.2, 0) is 0 Å². The molecule has 1 rings (SSSR count). The highest BCUT2D eigenvalue weighted by molar-refractivity contribution is 4.77. The second-order valence-corrected chi connectivity index (χ2v) is 3.03. The number of nitrogens with zero attached hydrogens (tertiary/aromatic N) is 1. The number of hydrogen-bond donors (Lipinski definition) is 2. The Morgan fingerprint density at radius 1 is 1.70 bits per heavy atom. The Hall–Kier alpha value is -0.120. The van der Waals surface area contributed by atoms with Gasteiger partial charge in [-0.25, -0.2) is 0 Å². The van der Waals surface area contributed by atoms with Gasteiger partial charge in [-0.3, -0.25) is 4.90 Å². The summed E-state index contributed by atoms with van der Waals surface area (Å²) in [6, 6.07) is 0.591. The zero-order valence-electron chi connectivity index (χ0n) is 6.80. The Morgan fingerprint density at radius 3 is 2.80 bits per heavy atom. The maximum Gasteiger partial charge on any atom is 0.0546 e. The van der Waals surface area contributed by atoms with Gasteiger partial charge in [-0.1, -0.05) is 0 Å². The van der Waals surface area contributed by atoms with Crippen molar-refractivity contribution in [1.29, 1.82) is 0 Å². The van der Waals surface area contributed by atoms with E-state index in [-0.39, 0.29) is 6.17 Å². The quantitative estimate of drug-likeness (QED) is 0.524. The molecular formula is C7H17N3. The third-order valence-corrected chi connectivity index (χ3v) is 2.08. The van der Waals surface area contributed by atoms with Crippen molar-refractivity contribution in [2.75, 3.05) is 19.6 Å². The molecule has 2 atom stereocenters. The van der Waals surface area contributed by atoms with Gasteiger partial charge in [0.25, 0.3) is 0 Å². The lowest BCUT2D eigenvalue weighted by Gasteiger charge is -2.36. The maximum atomic E-state index is 5.76. The van der Waals surface area contributed by atoms with Crippen LogP contribution in [0.5, 0.6) is 0 Å². The van der Waals surface area contributed by atoms with Crippen molar-refractivity contribution in [3.8, 4) is 0 Å². The molecule has 0 aromatic heterocycles. The molecule has 1 aliphatic rings. The summed E-state index contributed by atoms with van der Waals surface area (Å²) in [7, 11) is 0. The molecule has 0 aliphatic carbocycles. The van der Waals surface area contributed by atoms with Gasteiger partial charge in [0.15, 0.2) is 0 Å². The molecule has 0 radical (unpaired) electrons. The van der Waals surface area contributed by atoms with E-state index in [1.165, 1.54) is 0 Å². The Balaban J connectivity index is 2.40. The monoisotopic (exact) mass is 143 g/mol. The Bertz CT molecular complexity index is 103. The minimum atomic E-state index is 0.206. The standard InChI is InChI=1S/C7H17N3/c1-6-5-9-3-4-10(6)7(2)8/h6-7,9H,3-5,8H2,1-2H3/t6-,7-/m0/s1. The van der Waals surface area contributed by atoms with Gasteiger partial charge in [-0.2, -0.15) is 0 Å². The first kappa shape index (κ1) is 7.98. The van der Waals surface area contributed by atoms with Crippen LogP contribution in [0.15, 0.2) is 0 Å². The second kappa shape index (κ2) is 3.32. The zero-order chi connectivity index (χ0) is 7.56. The van der Waals surface area contributed by atoms with Gasteiger partial charge >= 0.3 is 0 Å². The van der Waals surface area contributed by atoms with Crippen LogP contribution in [0, 0.1) is 0 Å². The largest absolute Gasteiger partial charge is 0.316 e. The van der Waals surface area contributed by atoms with Crippen molar-refractivity contribution in [2.24, 2.45) is 5.73 Å². The first-order valence-corrected chi connectivity index (χ1v) is 3.94. The van der Waals surface area contributed by atoms with Gasteiger partial charge in [0, 0.05) is 25.7 Å². The van der Waals surface area contributed by atoms with Crippen molar-refractivity contribution in [3.05, 3.63) is 0 Å². The average molecular weight is 143 g/mol. The Labute approximate surface area is 62.6 Å². The minimum Gasteiger partial charge on any atom is -0.316 e. The lowest BCUT2D eigenvalue weighted by molar-refractivity contribution is 0.129. The molecule has 10 heavy (non-hydrogen) atoms. The molecule has 3 N–H and O–H groups in total. The second-order valence-electron chi connectivity index (χ2n) is 3.03. The Kier molecular flexibility index (Phi) is 2.65. The molecule has 60 valence electrons. The molecule has 0 unspecified atom stereocenters. The van der Waals surface area contributed by atoms with E-state index in [0.717, 1.165) is 19.6 Å². The number of rotatable bonds is 1. The molecule has 0 amide bonds. The van der Waals surface area contributed by atoms with E-state index in [0.29, 0.717) is 6.04 Å². The summed E-state index contributed by atoms with van der Waals surface area (Å²) in [6.07, 6.45) is 0.206. The number of nitrogens with one attached hydrogen (secondary N) is 1. The molecule has 0 aromatic carbocycles. The molecule has 1 fully saturated rings. The molecule has 0 aromatic rings. The SMILES string of the molecule is C[C@@H](N)N1CCNC[C@@H]1C. The summed E-state index contributed by atoms with van der Waals surface area (Å²) in [5.41, 5.74) is 5.76. The summed E-state index contributed by atoms with van der Waals surface area (Å²) < 4.78 is 0. The number of hydrogen-bond acceptors (Lipinski definition) is 3. The zero-order valence-corrected chi connectivity index (χ0v) is 6.80. The molecular weight excluding hydrogens is 126 g/mol. The fraction of sp³-hybridized carbons (Fsp3) is 1.00. The van der Waals surface area contributed by atoms with E-state index in [4.69, 9.17) is 5.73 Å². The predicted octanol–water partition coefficient (Wildman–Crippen LogP) is -0.415. The third kappa shape index (κ3) is 1.68. The van der Waals surface area contributed by atoms with Crippen molar-refractivity contribution >= 4 is 0 Å². The predicted molar refractivity (Wildman–Crippen MR) is 42.7 cm³/mol. The van der Waals surface area contributed by atoms with Gasteiger partial charge in [0.05, 0.1) is 6.17 Å². The van der Waals surface area contributed by atoms with Gasteiger partial charge in [0.2, 0.25) is 0 Å². The van der Waals surface area contributed by atoms with E-state index in [1.807, 2.05) is 6.92 Å². The first-order chi connectivity index (χ1) is 4.72. The summed E-state index contributed by atoms with van der Waals surface area (Å²) in [5, 5.41) is 3.32. The van der Waals surface area contributed by atoms with E-state index in [9.17, 15) is 0 Å². The third-order valence-electron chi connectivity index (χ3n) is 2.08. The molecule has 1 aliphatic heterocycles.